The van der Waals surface area contributed by atoms with E-state index in [1.165, 1.54) is 0 Å². The van der Waals surface area contributed by atoms with Gasteiger partial charge in [0.15, 0.2) is 23.3 Å². The van der Waals surface area contributed by atoms with Crippen molar-refractivity contribution in [3.63, 3.8) is 0 Å². The summed E-state index contributed by atoms with van der Waals surface area (Å²) in [6.45, 7) is 0. The number of halogens is 1. The highest BCUT2D eigenvalue weighted by Gasteiger charge is 2.30. The Bertz CT molecular complexity index is 2070. The summed E-state index contributed by atoms with van der Waals surface area (Å²) >= 11 is -1.69. The second kappa shape index (κ2) is 8.95. The molecule has 5 aromatic rings. The average Bonchev–Trinajstić information content (AvgIpc) is 3.75. The highest BCUT2D eigenvalue weighted by molar-refractivity contribution is 6.36. The maximum atomic E-state index is 15.0. The smallest absolute Gasteiger partial charge is 0.390 e. The zero-order valence-electron chi connectivity index (χ0n) is 22.0. The second-order valence-corrected chi connectivity index (χ2v) is 11.0. The van der Waals surface area contributed by atoms with Gasteiger partial charge < -0.3 is 7.07 Å². The number of hydrogen-bond acceptors (Lipinski definition) is 6. The van der Waals surface area contributed by atoms with Gasteiger partial charge in [-0.15, -0.1) is 0 Å². The lowest BCUT2D eigenvalue weighted by molar-refractivity contribution is 0.836. The molecule has 7 nitrogen and oxygen atoms in total. The largest absolute Gasteiger partial charge is 0.665 e. The summed E-state index contributed by atoms with van der Waals surface area (Å²) in [5.74, 6) is 3.14. The molecule has 195 valence electrons. The van der Waals surface area contributed by atoms with Crippen LogP contribution in [0.5, 0.6) is 0 Å². The van der Waals surface area contributed by atoms with Crippen LogP contribution in [-0.2, 0) is 0 Å². The Kier molecular flexibility index (Phi) is 5.03. The zero-order chi connectivity index (χ0) is 27.8. The summed E-state index contributed by atoms with van der Waals surface area (Å²) in [5.41, 5.74) is 7.33. The number of amidine groups is 4. The van der Waals surface area contributed by atoms with Crippen molar-refractivity contribution in [2.24, 2.45) is 30.0 Å². The molecule has 9 heteroatoms. The summed E-state index contributed by atoms with van der Waals surface area (Å²) in [4.78, 5) is 30.1. The zero-order valence-corrected chi connectivity index (χ0v) is 23.2. The molecule has 4 heterocycles. The van der Waals surface area contributed by atoms with Crippen LogP contribution in [0.4, 0.5) is 15.2 Å². The third-order valence-electron chi connectivity index (χ3n) is 7.99. The van der Waals surface area contributed by atoms with E-state index in [1.54, 1.807) is 3.55 Å². The van der Waals surface area contributed by atoms with Gasteiger partial charge in [-0.3, -0.25) is 0 Å². The van der Waals surface area contributed by atoms with Gasteiger partial charge in [-0.25, -0.2) is 30.0 Å². The van der Waals surface area contributed by atoms with Crippen LogP contribution in [0, 0.1) is 0 Å². The fraction of sp³-hybridized carbons (Fsp3) is 0.0303. The Labute approximate surface area is 246 Å². The second-order valence-electron chi connectivity index (χ2n) is 10.3. The van der Waals surface area contributed by atoms with Crippen LogP contribution in [0.1, 0.15) is 39.8 Å². The van der Waals surface area contributed by atoms with Crippen LogP contribution in [0.15, 0.2) is 127 Å². The molecule has 0 N–H and O–H groups in total. The van der Waals surface area contributed by atoms with Gasteiger partial charge in [0, 0.05) is 50.6 Å². The summed E-state index contributed by atoms with van der Waals surface area (Å²) in [6, 6.07) is 31.8. The predicted octanol–water partition coefficient (Wildman–Crippen LogP) is 6.37. The maximum Gasteiger partial charge on any atom is 0.665 e. The van der Waals surface area contributed by atoms with Crippen LogP contribution < -0.4 is 0 Å². The molecule has 0 fully saturated rings. The normalized spacial score (nSPS) is 16.0. The molecular formula is C33H18AlFN7. The number of hydrogen-bond donors (Lipinski definition) is 0. The molecule has 1 aromatic heterocycles. The third kappa shape index (κ3) is 3.38. The van der Waals surface area contributed by atoms with Crippen LogP contribution >= 0.6 is 0 Å². The molecule has 42 heavy (non-hydrogen) atoms. The monoisotopic (exact) mass is 558 g/mol. The first-order valence-corrected chi connectivity index (χ1v) is 14.6. The Morgan fingerprint density at radius 3 is 1.21 bits per heavy atom. The van der Waals surface area contributed by atoms with E-state index in [0.29, 0.717) is 41.4 Å². The van der Waals surface area contributed by atoms with Gasteiger partial charge in [0.05, 0.1) is 11.4 Å². The van der Waals surface area contributed by atoms with Gasteiger partial charge in [-0.1, -0.05) is 97.1 Å². The van der Waals surface area contributed by atoms with Crippen LogP contribution in [0.25, 0.3) is 10.8 Å². The van der Waals surface area contributed by atoms with Crippen LogP contribution in [-0.4, -0.2) is 54.2 Å². The molecule has 0 unspecified atom stereocenters. The molecular weight excluding hydrogens is 540 g/mol. The van der Waals surface area contributed by atoms with Gasteiger partial charge in [0.1, 0.15) is 11.6 Å². The molecule has 8 bridgehead atoms. The average molecular weight is 559 g/mol. The van der Waals surface area contributed by atoms with Gasteiger partial charge in [-0.05, 0) is 0 Å². The number of aliphatic imine (C=N–C) groups is 6. The molecule has 1 aliphatic carbocycles. The minimum Gasteiger partial charge on any atom is -0.390 e. The van der Waals surface area contributed by atoms with Crippen molar-refractivity contribution in [2.45, 2.75) is 6.42 Å². The van der Waals surface area contributed by atoms with Crippen molar-refractivity contribution in [3.8, 4) is 0 Å². The number of nitrogens with zero attached hydrogens (tertiary/aromatic N) is 7. The number of fused-ring (bicyclic) bond motifs is 18. The first kappa shape index (κ1) is 23.6. The standard InChI is InChI=1S/C33H18N7.Al.FH/c1-2-10-19-18(9-1)26-17-27(19)35-29-21-12-4-6-14-23(21)31(37-29)39-33-25-16-8-7-15-24(25)32(40-33)38-30-22-13-5-3-11-20(22)28(34-26)36-30;;/h1-16H,17H2;;1H/q-1;+2;/p-1. The van der Waals surface area contributed by atoms with Gasteiger partial charge in [-0.2, -0.15) is 0 Å². The molecule has 0 saturated carbocycles. The van der Waals surface area contributed by atoms with E-state index in [4.69, 9.17) is 30.0 Å². The van der Waals surface area contributed by atoms with Crippen LogP contribution in [0.2, 0.25) is 0 Å². The Morgan fingerprint density at radius 1 is 0.452 bits per heavy atom. The molecule has 0 saturated heterocycles. The lowest BCUT2D eigenvalue weighted by Crippen LogP contribution is -2.04. The minimum atomic E-state index is -1.69. The summed E-state index contributed by atoms with van der Waals surface area (Å²) in [5, 5.41) is 1.60. The fourth-order valence-electron chi connectivity index (χ4n) is 6.07. The van der Waals surface area contributed by atoms with E-state index >= 15 is 3.52 Å². The molecule has 3 aliphatic heterocycles. The minimum absolute atomic E-state index is 0.485. The van der Waals surface area contributed by atoms with E-state index in [2.05, 4.69) is 12.1 Å². The van der Waals surface area contributed by atoms with Crippen LogP contribution in [0.3, 0.4) is 0 Å². The molecule has 0 spiro atoms. The topological polar surface area (TPSA) is 79.1 Å². The van der Waals surface area contributed by atoms with Crippen molar-refractivity contribution >= 4 is 73.1 Å². The number of aromatic nitrogens is 1. The third-order valence-corrected chi connectivity index (χ3v) is 8.68. The highest BCUT2D eigenvalue weighted by Crippen LogP contribution is 2.40. The van der Waals surface area contributed by atoms with E-state index in [-0.39, 0.29) is 0 Å². The molecule has 9 rings (SSSR count). The van der Waals surface area contributed by atoms with Gasteiger partial charge in [0.25, 0.3) is 0 Å². The summed E-state index contributed by atoms with van der Waals surface area (Å²) in [7, 11) is 0. The quantitative estimate of drug-likeness (QED) is 0.215. The molecule has 0 amide bonds. The lowest BCUT2D eigenvalue weighted by atomic mass is 10.1. The van der Waals surface area contributed by atoms with E-state index < -0.39 is 15.9 Å². The molecule has 0 atom stereocenters. The Hall–Kier alpha value is -5.10. The summed E-state index contributed by atoms with van der Waals surface area (Å²) in [6.07, 6.45) is 0.542. The number of benzene rings is 4. The maximum absolute atomic E-state index is 15.0. The first-order valence-electron chi connectivity index (χ1n) is 13.6. The molecule has 1 radical (unpaired) electrons. The Morgan fingerprint density at radius 2 is 0.810 bits per heavy atom. The fourth-order valence-corrected chi connectivity index (χ4v) is 6.65. The predicted molar refractivity (Wildman–Crippen MR) is 167 cm³/mol. The highest BCUT2D eigenvalue weighted by atomic mass is 27.2. The van der Waals surface area contributed by atoms with E-state index in [1.807, 2.05) is 84.9 Å². The molecule has 4 aromatic carbocycles. The first-order chi connectivity index (χ1) is 20.8. The van der Waals surface area contributed by atoms with Gasteiger partial charge in [0.2, 0.25) is 0 Å². The van der Waals surface area contributed by atoms with Crippen molar-refractivity contribution in [1.29, 1.82) is 0 Å². The van der Waals surface area contributed by atoms with E-state index in [0.717, 1.165) is 55.6 Å². The Balaban J connectivity index is 1.41. The molecule has 4 aliphatic rings. The van der Waals surface area contributed by atoms with Crippen molar-refractivity contribution in [2.75, 3.05) is 0 Å². The summed E-state index contributed by atoms with van der Waals surface area (Å²) < 4.78 is 16.6. The number of rotatable bonds is 1. The van der Waals surface area contributed by atoms with E-state index in [9.17, 15) is 0 Å². The van der Waals surface area contributed by atoms with Crippen molar-refractivity contribution in [3.05, 3.63) is 130 Å². The van der Waals surface area contributed by atoms with Crippen molar-refractivity contribution in [1.82, 2.24) is 3.55 Å². The lowest BCUT2D eigenvalue weighted by Gasteiger charge is -2.05. The SMILES string of the molecule is [F][Al][n]1c2c3ccccc3c1N=C1N=C(N=C3CC(=NC4=NC(=N2)c2ccccc24)c2ccccc23)c2ccccc21. The van der Waals surface area contributed by atoms with Gasteiger partial charge >= 0.3 is 15.9 Å². The van der Waals surface area contributed by atoms with Crippen molar-refractivity contribution < 1.29 is 3.52 Å².